The normalized spacial score (nSPS) is 10.6. The summed E-state index contributed by atoms with van der Waals surface area (Å²) < 4.78 is 0. The molecular formula is C24H33N5O5S. The lowest BCUT2D eigenvalue weighted by Crippen LogP contribution is -2.17. The Labute approximate surface area is 208 Å². The zero-order valence-electron chi connectivity index (χ0n) is 20.2. The monoisotopic (exact) mass is 503 g/mol. The third-order valence-corrected chi connectivity index (χ3v) is 6.25. The first-order valence-electron chi connectivity index (χ1n) is 11.8. The predicted molar refractivity (Wildman–Crippen MR) is 139 cm³/mol. The standard InChI is InChI=1S/C24H33N5O5S/c1-16-23(29-34)35-24(26-16)28-22(33)19-13-12-18(15-20(19)27-17(2)30)25-14-10-8-6-4-3-5-7-9-11-21(31)32/h12-13,15,25H,3-11,14H2,1-2H3,(H,27,30)(H,31,32)(H,26,28,33). The maximum Gasteiger partial charge on any atom is 0.303 e. The highest BCUT2D eigenvalue weighted by atomic mass is 32.1. The number of nitrogens with one attached hydrogen (secondary N) is 3. The van der Waals surface area contributed by atoms with Crippen LogP contribution in [0.4, 0.5) is 21.5 Å². The molecule has 0 spiro atoms. The summed E-state index contributed by atoms with van der Waals surface area (Å²) in [5, 5.41) is 20.7. The van der Waals surface area contributed by atoms with Gasteiger partial charge in [-0.3, -0.25) is 19.7 Å². The number of aliphatic carboxylic acids is 1. The van der Waals surface area contributed by atoms with Gasteiger partial charge in [-0.1, -0.05) is 49.9 Å². The second-order valence-corrected chi connectivity index (χ2v) is 9.27. The lowest BCUT2D eigenvalue weighted by Gasteiger charge is -2.13. The third-order valence-electron chi connectivity index (χ3n) is 5.30. The average Bonchev–Trinajstić information content (AvgIpc) is 3.15. The first-order chi connectivity index (χ1) is 16.8. The number of carboxylic acid groups (broad SMARTS) is 1. The number of carbonyl (C=O) groups excluding carboxylic acids is 2. The van der Waals surface area contributed by atoms with E-state index in [9.17, 15) is 19.3 Å². The van der Waals surface area contributed by atoms with Crippen LogP contribution in [-0.2, 0) is 9.59 Å². The number of aryl methyl sites for hydroxylation is 1. The number of carbonyl (C=O) groups is 3. The van der Waals surface area contributed by atoms with Crippen LogP contribution in [0.3, 0.4) is 0 Å². The van der Waals surface area contributed by atoms with Crippen molar-refractivity contribution in [2.24, 2.45) is 5.18 Å². The summed E-state index contributed by atoms with van der Waals surface area (Å²) in [5.41, 5.74) is 1.89. The molecule has 0 unspecified atom stereocenters. The van der Waals surface area contributed by atoms with Crippen LogP contribution in [0.1, 0.15) is 80.8 Å². The molecule has 2 aromatic rings. The quantitative estimate of drug-likeness (QED) is 0.160. The second-order valence-electron chi connectivity index (χ2n) is 8.30. The lowest BCUT2D eigenvalue weighted by atomic mass is 10.1. The van der Waals surface area contributed by atoms with Crippen molar-refractivity contribution >= 4 is 50.6 Å². The van der Waals surface area contributed by atoms with Crippen LogP contribution in [-0.4, -0.2) is 34.4 Å². The van der Waals surface area contributed by atoms with Gasteiger partial charge >= 0.3 is 5.97 Å². The van der Waals surface area contributed by atoms with Crippen LogP contribution in [0.15, 0.2) is 23.4 Å². The van der Waals surface area contributed by atoms with Crippen LogP contribution >= 0.6 is 11.3 Å². The molecule has 1 aromatic carbocycles. The van der Waals surface area contributed by atoms with Gasteiger partial charge in [-0.2, -0.15) is 0 Å². The van der Waals surface area contributed by atoms with E-state index in [1.54, 1.807) is 25.1 Å². The maximum absolute atomic E-state index is 12.8. The third kappa shape index (κ3) is 10.2. The van der Waals surface area contributed by atoms with E-state index in [-0.39, 0.29) is 28.0 Å². The van der Waals surface area contributed by atoms with Crippen molar-refractivity contribution < 1.29 is 19.5 Å². The molecule has 0 fully saturated rings. The van der Waals surface area contributed by atoms with Crippen LogP contribution in [0, 0.1) is 11.8 Å². The molecule has 0 atom stereocenters. The lowest BCUT2D eigenvalue weighted by molar-refractivity contribution is -0.137. The van der Waals surface area contributed by atoms with Gasteiger partial charge in [0.15, 0.2) is 10.1 Å². The van der Waals surface area contributed by atoms with E-state index in [0.29, 0.717) is 11.4 Å². The predicted octanol–water partition coefficient (Wildman–Crippen LogP) is 6.07. The summed E-state index contributed by atoms with van der Waals surface area (Å²) in [6, 6.07) is 5.13. The molecule has 1 heterocycles. The molecule has 0 bridgehead atoms. The fraction of sp³-hybridized carbons (Fsp3) is 0.500. The van der Waals surface area contributed by atoms with E-state index in [1.165, 1.54) is 6.92 Å². The van der Waals surface area contributed by atoms with Crippen LogP contribution in [0.5, 0.6) is 0 Å². The summed E-state index contributed by atoms with van der Waals surface area (Å²) in [7, 11) is 0. The van der Waals surface area contributed by atoms with Crippen molar-refractivity contribution in [2.45, 2.75) is 71.6 Å². The van der Waals surface area contributed by atoms with Gasteiger partial charge in [0.2, 0.25) is 5.91 Å². The fourth-order valence-corrected chi connectivity index (χ4v) is 4.27. The molecule has 0 aliphatic carbocycles. The van der Waals surface area contributed by atoms with Gasteiger partial charge in [0.1, 0.15) is 0 Å². The van der Waals surface area contributed by atoms with Gasteiger partial charge in [-0.15, -0.1) is 4.91 Å². The van der Waals surface area contributed by atoms with E-state index in [2.05, 4.69) is 26.1 Å². The van der Waals surface area contributed by atoms with Crippen LogP contribution in [0.25, 0.3) is 0 Å². The van der Waals surface area contributed by atoms with Gasteiger partial charge in [-0.25, -0.2) is 4.98 Å². The van der Waals surface area contributed by atoms with E-state index in [0.717, 1.165) is 74.9 Å². The molecule has 0 aliphatic rings. The number of aromatic nitrogens is 1. The topological polar surface area (TPSA) is 150 Å². The Morgan fingerprint density at radius 2 is 1.66 bits per heavy atom. The zero-order chi connectivity index (χ0) is 25.6. The molecular weight excluding hydrogens is 470 g/mol. The summed E-state index contributed by atoms with van der Waals surface area (Å²) >= 11 is 0.987. The largest absolute Gasteiger partial charge is 0.481 e. The molecule has 10 nitrogen and oxygen atoms in total. The highest BCUT2D eigenvalue weighted by molar-refractivity contribution is 7.19. The Bertz CT molecular complexity index is 1020. The number of rotatable bonds is 16. The first kappa shape index (κ1) is 27.9. The van der Waals surface area contributed by atoms with Crippen molar-refractivity contribution in [2.75, 3.05) is 22.5 Å². The van der Waals surface area contributed by atoms with Crippen LogP contribution in [0.2, 0.25) is 0 Å². The maximum atomic E-state index is 12.8. The van der Waals surface area contributed by atoms with Crippen molar-refractivity contribution in [1.82, 2.24) is 4.98 Å². The number of hydrogen-bond donors (Lipinski definition) is 4. The zero-order valence-corrected chi connectivity index (χ0v) is 21.0. The Morgan fingerprint density at radius 1 is 1.00 bits per heavy atom. The Balaban J connectivity index is 1.80. The molecule has 0 radical (unpaired) electrons. The van der Waals surface area contributed by atoms with Gasteiger partial charge in [0.05, 0.1) is 16.9 Å². The van der Waals surface area contributed by atoms with Crippen molar-refractivity contribution in [3.05, 3.63) is 34.4 Å². The van der Waals surface area contributed by atoms with Crippen molar-refractivity contribution in [1.29, 1.82) is 0 Å². The Morgan fingerprint density at radius 3 is 2.26 bits per heavy atom. The number of carboxylic acids is 1. The number of unbranched alkanes of at least 4 members (excludes halogenated alkanes) is 7. The smallest absolute Gasteiger partial charge is 0.303 e. The first-order valence-corrected chi connectivity index (χ1v) is 12.6. The number of hydrogen-bond acceptors (Lipinski definition) is 8. The molecule has 0 saturated heterocycles. The number of benzene rings is 1. The number of anilines is 3. The second kappa shape index (κ2) is 14.8. The summed E-state index contributed by atoms with van der Waals surface area (Å²) in [6.07, 6.45) is 8.55. The molecule has 190 valence electrons. The molecule has 2 rings (SSSR count). The molecule has 35 heavy (non-hydrogen) atoms. The Hall–Kier alpha value is -3.34. The van der Waals surface area contributed by atoms with E-state index < -0.39 is 11.9 Å². The SMILES string of the molecule is CC(=O)Nc1cc(NCCCCCCCCCCC(=O)O)ccc1C(=O)Nc1nc(C)c(N=O)s1. The van der Waals surface area contributed by atoms with Gasteiger partial charge in [0.25, 0.3) is 5.91 Å². The van der Waals surface area contributed by atoms with E-state index in [4.69, 9.17) is 5.11 Å². The summed E-state index contributed by atoms with van der Waals surface area (Å²) in [6.45, 7) is 3.78. The number of nitrogens with zero attached hydrogens (tertiary/aromatic N) is 2. The summed E-state index contributed by atoms with van der Waals surface area (Å²) in [5.74, 6) is -1.47. The van der Waals surface area contributed by atoms with E-state index >= 15 is 0 Å². The number of nitroso groups, excluding NO2 is 1. The average molecular weight is 504 g/mol. The van der Waals surface area contributed by atoms with Gasteiger partial charge < -0.3 is 15.7 Å². The number of thiazole rings is 1. The number of amides is 2. The minimum atomic E-state index is -0.725. The van der Waals surface area contributed by atoms with Gasteiger partial charge in [-0.05, 0) is 43.1 Å². The van der Waals surface area contributed by atoms with Gasteiger partial charge in [0, 0.05) is 25.6 Å². The molecule has 1 aromatic heterocycles. The highest BCUT2D eigenvalue weighted by Gasteiger charge is 2.16. The molecule has 11 heteroatoms. The Kier molecular flexibility index (Phi) is 11.8. The summed E-state index contributed by atoms with van der Waals surface area (Å²) in [4.78, 5) is 49.8. The van der Waals surface area contributed by atoms with Crippen LogP contribution < -0.4 is 16.0 Å². The molecule has 0 saturated carbocycles. The van der Waals surface area contributed by atoms with E-state index in [1.807, 2.05) is 0 Å². The van der Waals surface area contributed by atoms with Crippen molar-refractivity contribution in [3.8, 4) is 0 Å². The minimum absolute atomic E-state index is 0.206. The molecule has 0 aliphatic heterocycles. The fourth-order valence-electron chi connectivity index (χ4n) is 3.53. The minimum Gasteiger partial charge on any atom is -0.481 e. The molecule has 2 amide bonds. The molecule has 4 N–H and O–H groups in total. The highest BCUT2D eigenvalue weighted by Crippen LogP contribution is 2.31. The van der Waals surface area contributed by atoms with Crippen molar-refractivity contribution in [3.63, 3.8) is 0 Å².